The van der Waals surface area contributed by atoms with Crippen LogP contribution in [0.4, 0.5) is 17.1 Å². The summed E-state index contributed by atoms with van der Waals surface area (Å²) in [6.07, 6.45) is 0. The van der Waals surface area contributed by atoms with Crippen LogP contribution in [0, 0.1) is 0 Å². The summed E-state index contributed by atoms with van der Waals surface area (Å²) in [5.41, 5.74) is 6.75. The van der Waals surface area contributed by atoms with E-state index in [9.17, 15) is 0 Å². The van der Waals surface area contributed by atoms with E-state index in [4.69, 9.17) is 11.3 Å². The molecule has 2 nitrogen and oxygen atoms in total. The van der Waals surface area contributed by atoms with Gasteiger partial charge in [0.15, 0.2) is 0 Å². The molecule has 216 valence electrons. The summed E-state index contributed by atoms with van der Waals surface area (Å²) in [7, 11) is 0. The lowest BCUT2D eigenvalue weighted by Gasteiger charge is -2.28. The zero-order valence-corrected chi connectivity index (χ0v) is 24.7. The Hall–Kier alpha value is -6.12. The predicted molar refractivity (Wildman–Crippen MR) is 194 cm³/mol. The fourth-order valence-electron chi connectivity index (χ4n) is 6.69. The molecular weight excluding hydrogens is 558 g/mol. The molecule has 0 amide bonds. The highest BCUT2D eigenvalue weighted by Crippen LogP contribution is 2.45. The highest BCUT2D eigenvalue weighted by Gasteiger charge is 2.21. The van der Waals surface area contributed by atoms with Crippen molar-refractivity contribution in [3.63, 3.8) is 0 Å². The Morgan fingerprint density at radius 3 is 1.96 bits per heavy atom. The van der Waals surface area contributed by atoms with Crippen LogP contribution in [0.2, 0.25) is 0 Å². The third-order valence-corrected chi connectivity index (χ3v) is 8.76. The topological polar surface area (TPSA) is 16.4 Å². The second kappa shape index (κ2) is 10.8. The zero-order valence-electron chi connectivity index (χ0n) is 29.7. The van der Waals surface area contributed by atoms with Gasteiger partial charge in [0.05, 0.1) is 12.5 Å². The molecule has 0 aliphatic rings. The van der Waals surface area contributed by atoms with E-state index in [2.05, 4.69) is 54.6 Å². The number of fused-ring (bicyclic) bond motifs is 6. The molecule has 0 fully saturated rings. The van der Waals surface area contributed by atoms with Crippen LogP contribution in [-0.4, -0.2) is 0 Å². The number of benzene rings is 8. The molecule has 0 saturated heterocycles. The molecule has 0 aliphatic heterocycles. The van der Waals surface area contributed by atoms with Gasteiger partial charge in [0.2, 0.25) is 0 Å². The smallest absolute Gasteiger partial charge is 0.143 e. The molecule has 0 saturated carbocycles. The highest BCUT2D eigenvalue weighted by atomic mass is 16.3. The van der Waals surface area contributed by atoms with Gasteiger partial charge in [-0.1, -0.05) is 133 Å². The first-order chi connectivity index (χ1) is 24.9. The normalized spacial score (nSPS) is 13.0. The van der Waals surface area contributed by atoms with Gasteiger partial charge < -0.3 is 9.32 Å². The molecule has 2 heteroatoms. The molecule has 0 N–H and O–H groups in total. The SMILES string of the molecule is [2H]c1c([2H])c([2H])c(N(c2ccc(-c3cccc4ccccc34)cc2)c2ccccc2-c2cccc3oc4c5ccccc5ccc4c23)c([2H])c1[2H]. The van der Waals surface area contributed by atoms with E-state index in [-0.39, 0.29) is 17.8 Å². The minimum atomic E-state index is -0.435. The van der Waals surface area contributed by atoms with Crippen molar-refractivity contribution in [2.24, 2.45) is 0 Å². The molecule has 0 spiro atoms. The molecule has 0 bridgehead atoms. The Balaban J connectivity index is 1.29. The minimum absolute atomic E-state index is 0.0709. The van der Waals surface area contributed by atoms with Crippen molar-refractivity contribution < 1.29 is 11.3 Å². The Bertz CT molecular complexity index is 2790. The lowest BCUT2D eigenvalue weighted by molar-refractivity contribution is 0.673. The zero-order chi connectivity index (χ0) is 34.8. The maximum atomic E-state index is 9.07. The molecule has 1 heterocycles. The summed E-state index contributed by atoms with van der Waals surface area (Å²) in [4.78, 5) is 1.79. The molecule has 9 rings (SSSR count). The average molecular weight is 593 g/mol. The Morgan fingerprint density at radius 2 is 1.11 bits per heavy atom. The summed E-state index contributed by atoms with van der Waals surface area (Å²) < 4.78 is 50.2. The van der Waals surface area contributed by atoms with Crippen LogP contribution in [0.5, 0.6) is 0 Å². The van der Waals surface area contributed by atoms with Crippen molar-refractivity contribution in [1.29, 1.82) is 0 Å². The van der Waals surface area contributed by atoms with E-state index in [0.29, 0.717) is 11.4 Å². The summed E-state index contributed by atoms with van der Waals surface area (Å²) in [5, 5.41) is 6.31. The summed E-state index contributed by atoms with van der Waals surface area (Å²) >= 11 is 0. The van der Waals surface area contributed by atoms with Crippen LogP contribution < -0.4 is 4.90 Å². The van der Waals surface area contributed by atoms with Crippen molar-refractivity contribution in [2.45, 2.75) is 0 Å². The van der Waals surface area contributed by atoms with Gasteiger partial charge in [-0.3, -0.25) is 0 Å². The Morgan fingerprint density at radius 1 is 0.457 bits per heavy atom. The summed E-state index contributed by atoms with van der Waals surface area (Å²) in [6, 6.07) is 46.8. The molecule has 0 unspecified atom stereocenters. The first-order valence-corrected chi connectivity index (χ1v) is 15.3. The molecule has 0 radical (unpaired) electrons. The predicted octanol–water partition coefficient (Wildman–Crippen LogP) is 12.7. The molecule has 0 aliphatic carbocycles. The Labute approximate surface area is 274 Å². The second-order valence-corrected chi connectivity index (χ2v) is 11.3. The lowest BCUT2D eigenvalue weighted by atomic mass is 9.95. The van der Waals surface area contributed by atoms with E-state index >= 15 is 0 Å². The largest absolute Gasteiger partial charge is 0.455 e. The summed E-state index contributed by atoms with van der Waals surface area (Å²) in [5.74, 6) is 0. The molecular formula is C44H29NO. The van der Waals surface area contributed by atoms with E-state index in [0.717, 1.165) is 65.7 Å². The lowest BCUT2D eigenvalue weighted by Crippen LogP contribution is -2.11. The van der Waals surface area contributed by atoms with Crippen LogP contribution in [0.1, 0.15) is 6.85 Å². The number of hydrogen-bond donors (Lipinski definition) is 0. The third-order valence-electron chi connectivity index (χ3n) is 8.76. The first kappa shape index (κ1) is 21.6. The van der Waals surface area contributed by atoms with Gasteiger partial charge in [-0.2, -0.15) is 0 Å². The fraction of sp³-hybridized carbons (Fsp3) is 0. The average Bonchev–Trinajstić information content (AvgIpc) is 3.58. The van der Waals surface area contributed by atoms with Gasteiger partial charge in [-0.05, 0) is 75.3 Å². The summed E-state index contributed by atoms with van der Waals surface area (Å²) in [6.45, 7) is 0. The maximum Gasteiger partial charge on any atom is 0.143 e. The molecule has 46 heavy (non-hydrogen) atoms. The Kier molecular flexibility index (Phi) is 5.06. The van der Waals surface area contributed by atoms with Gasteiger partial charge in [0.25, 0.3) is 0 Å². The molecule has 8 aromatic carbocycles. The first-order valence-electron chi connectivity index (χ1n) is 17.8. The van der Waals surface area contributed by atoms with Gasteiger partial charge >= 0.3 is 0 Å². The van der Waals surface area contributed by atoms with Crippen LogP contribution in [0.3, 0.4) is 0 Å². The van der Waals surface area contributed by atoms with Gasteiger partial charge in [-0.15, -0.1) is 0 Å². The van der Waals surface area contributed by atoms with E-state index < -0.39 is 18.1 Å². The maximum absolute atomic E-state index is 9.07. The molecule has 1 aromatic heterocycles. The second-order valence-electron chi connectivity index (χ2n) is 11.3. The quantitative estimate of drug-likeness (QED) is 0.198. The highest BCUT2D eigenvalue weighted by molar-refractivity contribution is 6.19. The number of furan rings is 1. The van der Waals surface area contributed by atoms with E-state index in [1.165, 1.54) is 0 Å². The number of hydrogen-bond acceptors (Lipinski definition) is 2. The van der Waals surface area contributed by atoms with Crippen molar-refractivity contribution in [3.05, 3.63) is 176 Å². The van der Waals surface area contributed by atoms with Gasteiger partial charge in [0.1, 0.15) is 11.2 Å². The van der Waals surface area contributed by atoms with Crippen molar-refractivity contribution in [3.8, 4) is 22.3 Å². The minimum Gasteiger partial charge on any atom is -0.455 e. The van der Waals surface area contributed by atoms with Crippen LogP contribution in [0.15, 0.2) is 180 Å². The van der Waals surface area contributed by atoms with Crippen molar-refractivity contribution in [1.82, 2.24) is 0 Å². The van der Waals surface area contributed by atoms with Gasteiger partial charge in [0, 0.05) is 33.1 Å². The van der Waals surface area contributed by atoms with Crippen LogP contribution in [-0.2, 0) is 0 Å². The van der Waals surface area contributed by atoms with Crippen molar-refractivity contribution in [2.75, 3.05) is 4.90 Å². The van der Waals surface area contributed by atoms with E-state index in [1.807, 2.05) is 91.0 Å². The monoisotopic (exact) mass is 592 g/mol. The van der Waals surface area contributed by atoms with E-state index in [1.54, 1.807) is 4.90 Å². The van der Waals surface area contributed by atoms with Crippen LogP contribution in [0.25, 0.3) is 65.7 Å². The molecule has 9 aromatic rings. The number of para-hydroxylation sites is 2. The fourth-order valence-corrected chi connectivity index (χ4v) is 6.69. The number of rotatable bonds is 5. The number of anilines is 3. The van der Waals surface area contributed by atoms with Crippen molar-refractivity contribution >= 4 is 60.5 Å². The molecule has 0 atom stereocenters. The standard InChI is InChI=1S/C44H29NO/c1-2-15-33(16-3-1)45(34-27-24-32(25-28-34)36-20-10-14-30-12-4-6-17-35(30)36)41-22-9-8-19-38(41)39-21-11-23-42-43(39)40-29-26-31-13-5-7-18-37(31)44(40)46-42/h1-29H/i1D,2D,3D,15D,16D. The number of nitrogens with zero attached hydrogens (tertiary/aromatic N) is 1. The van der Waals surface area contributed by atoms with Crippen LogP contribution >= 0.6 is 0 Å². The van der Waals surface area contributed by atoms with Gasteiger partial charge in [-0.25, -0.2) is 0 Å². The third kappa shape index (κ3) is 4.27.